The number of aliphatic hydroxyl groups excluding tert-OH is 2. The Morgan fingerprint density at radius 2 is 1.72 bits per heavy atom. The van der Waals surface area contributed by atoms with Crippen LogP contribution in [0.4, 0.5) is 0 Å². The Hall–Kier alpha value is -0.160. The number of unbranched alkanes of at least 4 members (excludes halogenated alkanes) is 5. The second kappa shape index (κ2) is 7.43. The van der Waals surface area contributed by atoms with Crippen LogP contribution in [0.1, 0.15) is 58.8 Å². The molecular formula is C14H28O4. The number of hydrogen-bond donors (Lipinski definition) is 3. The molecule has 108 valence electrons. The molecule has 1 aliphatic heterocycles. The monoisotopic (exact) mass is 260 g/mol. The summed E-state index contributed by atoms with van der Waals surface area (Å²) in [5.74, 6) is 0. The van der Waals surface area contributed by atoms with Crippen LogP contribution in [0.3, 0.4) is 0 Å². The van der Waals surface area contributed by atoms with E-state index in [0.717, 1.165) is 19.3 Å². The van der Waals surface area contributed by atoms with E-state index < -0.39 is 17.8 Å². The van der Waals surface area contributed by atoms with Gasteiger partial charge in [0.05, 0.1) is 12.7 Å². The first-order chi connectivity index (χ1) is 8.50. The van der Waals surface area contributed by atoms with Crippen molar-refractivity contribution >= 4 is 0 Å². The first-order valence-corrected chi connectivity index (χ1v) is 7.20. The zero-order valence-electron chi connectivity index (χ0n) is 11.6. The van der Waals surface area contributed by atoms with Gasteiger partial charge in [0.1, 0.15) is 17.8 Å². The molecule has 0 saturated carbocycles. The maximum atomic E-state index is 9.97. The maximum Gasteiger partial charge on any atom is 0.118 e. The zero-order chi connectivity index (χ0) is 13.6. The Balaban J connectivity index is 2.22. The van der Waals surface area contributed by atoms with Crippen LogP contribution in [0.15, 0.2) is 0 Å². The average molecular weight is 260 g/mol. The summed E-state index contributed by atoms with van der Waals surface area (Å²) in [6.45, 7) is 3.77. The van der Waals surface area contributed by atoms with E-state index in [1.165, 1.54) is 32.6 Å². The molecule has 0 aromatic rings. The van der Waals surface area contributed by atoms with Crippen molar-refractivity contribution in [2.24, 2.45) is 0 Å². The Morgan fingerprint density at radius 3 is 2.39 bits per heavy atom. The molecule has 0 radical (unpaired) electrons. The average Bonchev–Trinajstić information content (AvgIpc) is 2.34. The zero-order valence-corrected chi connectivity index (χ0v) is 11.6. The van der Waals surface area contributed by atoms with Gasteiger partial charge in [0.2, 0.25) is 0 Å². The number of hydrogen-bond acceptors (Lipinski definition) is 4. The summed E-state index contributed by atoms with van der Waals surface area (Å²) in [4.78, 5) is 0. The van der Waals surface area contributed by atoms with Crippen LogP contribution in [0.5, 0.6) is 0 Å². The van der Waals surface area contributed by atoms with Gasteiger partial charge in [0.15, 0.2) is 0 Å². The minimum absolute atomic E-state index is 0.102. The molecular weight excluding hydrogens is 232 g/mol. The second-order valence-electron chi connectivity index (χ2n) is 5.61. The molecule has 0 aromatic heterocycles. The van der Waals surface area contributed by atoms with Crippen LogP contribution >= 0.6 is 0 Å². The Bertz CT molecular complexity index is 230. The van der Waals surface area contributed by atoms with Crippen molar-refractivity contribution < 1.29 is 20.1 Å². The lowest BCUT2D eigenvalue weighted by atomic mass is 9.85. The van der Waals surface area contributed by atoms with Gasteiger partial charge < -0.3 is 20.1 Å². The number of ether oxygens (including phenoxy) is 1. The van der Waals surface area contributed by atoms with Crippen LogP contribution in [0.25, 0.3) is 0 Å². The van der Waals surface area contributed by atoms with E-state index in [9.17, 15) is 15.3 Å². The molecule has 0 spiro atoms. The third kappa shape index (κ3) is 4.19. The third-order valence-electron chi connectivity index (χ3n) is 3.94. The van der Waals surface area contributed by atoms with Gasteiger partial charge in [-0.15, -0.1) is 0 Å². The highest BCUT2D eigenvalue weighted by molar-refractivity contribution is 4.96. The van der Waals surface area contributed by atoms with E-state index in [-0.39, 0.29) is 12.7 Å². The molecule has 1 rings (SSSR count). The molecule has 3 N–H and O–H groups in total. The van der Waals surface area contributed by atoms with E-state index >= 15 is 0 Å². The van der Waals surface area contributed by atoms with Gasteiger partial charge in [-0.3, -0.25) is 0 Å². The van der Waals surface area contributed by atoms with Crippen molar-refractivity contribution in [3.8, 4) is 0 Å². The molecule has 1 aliphatic rings. The molecule has 0 bridgehead atoms. The Kier molecular flexibility index (Phi) is 6.57. The van der Waals surface area contributed by atoms with Crippen molar-refractivity contribution in [3.05, 3.63) is 0 Å². The molecule has 4 atom stereocenters. The number of rotatable bonds is 7. The molecule has 1 heterocycles. The minimum atomic E-state index is -1.45. The fourth-order valence-corrected chi connectivity index (χ4v) is 2.42. The summed E-state index contributed by atoms with van der Waals surface area (Å²) in [7, 11) is 0. The van der Waals surface area contributed by atoms with Gasteiger partial charge in [0.25, 0.3) is 0 Å². The van der Waals surface area contributed by atoms with Crippen molar-refractivity contribution in [2.45, 2.75) is 82.7 Å². The SMILES string of the molecule is CCCCCCCCC1OC[C@@H](O)[C@](C)(O)[C@H]1O. The summed E-state index contributed by atoms with van der Waals surface area (Å²) in [5.41, 5.74) is -1.45. The lowest BCUT2D eigenvalue weighted by molar-refractivity contribution is -0.235. The van der Waals surface area contributed by atoms with Crippen LogP contribution in [0, 0.1) is 0 Å². The summed E-state index contributed by atoms with van der Waals surface area (Å²) in [5, 5.41) is 29.5. The molecule has 0 aromatic carbocycles. The molecule has 1 unspecified atom stereocenters. The first kappa shape index (κ1) is 15.9. The second-order valence-corrected chi connectivity index (χ2v) is 5.61. The molecule has 4 heteroatoms. The lowest BCUT2D eigenvalue weighted by Gasteiger charge is -2.42. The number of aliphatic hydroxyl groups is 3. The summed E-state index contributed by atoms with van der Waals surface area (Å²) < 4.78 is 5.41. The topological polar surface area (TPSA) is 69.9 Å². The van der Waals surface area contributed by atoms with Gasteiger partial charge in [0, 0.05) is 0 Å². The van der Waals surface area contributed by atoms with E-state index in [1.807, 2.05) is 0 Å². The van der Waals surface area contributed by atoms with E-state index in [1.54, 1.807) is 0 Å². The van der Waals surface area contributed by atoms with E-state index in [4.69, 9.17) is 4.74 Å². The molecule has 4 nitrogen and oxygen atoms in total. The summed E-state index contributed by atoms with van der Waals surface area (Å²) in [6.07, 6.45) is 5.52. The van der Waals surface area contributed by atoms with Crippen molar-refractivity contribution in [1.29, 1.82) is 0 Å². The molecule has 1 saturated heterocycles. The van der Waals surface area contributed by atoms with Crippen molar-refractivity contribution in [2.75, 3.05) is 6.61 Å². The van der Waals surface area contributed by atoms with Crippen LogP contribution in [-0.2, 0) is 4.74 Å². The summed E-state index contributed by atoms with van der Waals surface area (Å²) >= 11 is 0. The normalized spacial score (nSPS) is 36.8. The Morgan fingerprint density at radius 1 is 1.11 bits per heavy atom. The minimum Gasteiger partial charge on any atom is -0.388 e. The fraction of sp³-hybridized carbons (Fsp3) is 1.00. The van der Waals surface area contributed by atoms with Crippen LogP contribution in [0.2, 0.25) is 0 Å². The van der Waals surface area contributed by atoms with Crippen LogP contribution in [-0.4, -0.2) is 45.8 Å². The predicted octanol–water partition coefficient (Wildman–Crippen LogP) is 1.61. The van der Waals surface area contributed by atoms with Gasteiger partial charge in [-0.05, 0) is 13.3 Å². The highest BCUT2D eigenvalue weighted by Gasteiger charge is 2.46. The first-order valence-electron chi connectivity index (χ1n) is 7.20. The molecule has 1 fully saturated rings. The molecule has 18 heavy (non-hydrogen) atoms. The Labute approximate surface area is 110 Å². The largest absolute Gasteiger partial charge is 0.388 e. The molecule has 0 aliphatic carbocycles. The van der Waals surface area contributed by atoms with Crippen molar-refractivity contribution in [3.63, 3.8) is 0 Å². The van der Waals surface area contributed by atoms with E-state index in [0.29, 0.717) is 0 Å². The fourth-order valence-electron chi connectivity index (χ4n) is 2.42. The highest BCUT2D eigenvalue weighted by Crippen LogP contribution is 2.28. The third-order valence-corrected chi connectivity index (χ3v) is 3.94. The maximum absolute atomic E-state index is 9.97. The quantitative estimate of drug-likeness (QED) is 0.608. The van der Waals surface area contributed by atoms with E-state index in [2.05, 4.69) is 6.92 Å². The highest BCUT2D eigenvalue weighted by atomic mass is 16.5. The van der Waals surface area contributed by atoms with Gasteiger partial charge in [-0.25, -0.2) is 0 Å². The van der Waals surface area contributed by atoms with Gasteiger partial charge in [-0.2, -0.15) is 0 Å². The standard InChI is InChI=1S/C14H28O4/c1-3-4-5-6-7-8-9-11-13(16)14(2,17)12(15)10-18-11/h11-13,15-17H,3-10H2,1-2H3/t11?,12-,13+,14+/m1/s1. The van der Waals surface area contributed by atoms with Gasteiger partial charge in [-0.1, -0.05) is 45.4 Å². The predicted molar refractivity (Wildman–Crippen MR) is 70.4 cm³/mol. The lowest BCUT2D eigenvalue weighted by Crippen LogP contribution is -2.61. The smallest absolute Gasteiger partial charge is 0.118 e. The van der Waals surface area contributed by atoms with Gasteiger partial charge >= 0.3 is 0 Å². The summed E-state index contributed by atoms with van der Waals surface area (Å²) in [6, 6.07) is 0. The van der Waals surface area contributed by atoms with Crippen molar-refractivity contribution in [1.82, 2.24) is 0 Å². The van der Waals surface area contributed by atoms with Crippen LogP contribution < -0.4 is 0 Å². The molecule has 0 amide bonds.